The number of hydrogen-bond acceptors (Lipinski definition) is 4. The summed E-state index contributed by atoms with van der Waals surface area (Å²) in [4.78, 5) is 21.4. The molecule has 0 aliphatic heterocycles. The fourth-order valence-electron chi connectivity index (χ4n) is 0.203. The minimum atomic E-state index is -0.611. The third kappa shape index (κ3) is 51.6. The average Bonchev–Trinajstić information content (AvgIpc) is 2.03. The highest BCUT2D eigenvalue weighted by atomic mass is 32.2. The third-order valence-electron chi connectivity index (χ3n) is 0.977. The lowest BCUT2D eigenvalue weighted by molar-refractivity contribution is -0.140. The van der Waals surface area contributed by atoms with Gasteiger partial charge < -0.3 is 9.64 Å². The quantitative estimate of drug-likeness (QED) is 0.644. The van der Waals surface area contributed by atoms with Crippen LogP contribution in [0, 0.1) is 0 Å². The molecule has 0 atom stereocenters. The van der Waals surface area contributed by atoms with Crippen LogP contribution in [0.1, 0.15) is 20.8 Å². The molecule has 0 aliphatic rings. The van der Waals surface area contributed by atoms with Crippen molar-refractivity contribution in [1.29, 1.82) is 0 Å². The molecule has 0 rings (SSSR count). The minimum absolute atomic E-state index is 0.0926. The summed E-state index contributed by atoms with van der Waals surface area (Å²) in [5.74, 6) is -0.118. The van der Waals surface area contributed by atoms with Gasteiger partial charge in [-0.05, 0) is 6.92 Å². The molecule has 0 unspecified atom stereocenters. The van der Waals surface area contributed by atoms with Crippen molar-refractivity contribution >= 4 is 22.7 Å². The highest BCUT2D eigenvalue weighted by Gasteiger charge is 1.87. The van der Waals surface area contributed by atoms with Gasteiger partial charge in [-0.1, -0.05) is 0 Å². The molecule has 0 aliphatic carbocycles. The van der Waals surface area contributed by atoms with Crippen LogP contribution in [0.5, 0.6) is 0 Å². The first-order valence-electron chi connectivity index (χ1n) is 4.71. The molecular weight excluding hydrogens is 230 g/mol. The van der Waals surface area contributed by atoms with Crippen molar-refractivity contribution in [3.63, 3.8) is 0 Å². The van der Waals surface area contributed by atoms with Gasteiger partial charge in [-0.25, -0.2) is 0 Å². The van der Waals surface area contributed by atoms with E-state index in [1.807, 2.05) is 0 Å². The maximum Gasteiger partial charge on any atom is 0.302 e. The summed E-state index contributed by atoms with van der Waals surface area (Å²) in [5.41, 5.74) is 0. The van der Waals surface area contributed by atoms with Crippen molar-refractivity contribution in [1.82, 2.24) is 4.90 Å². The first kappa shape index (κ1) is 20.5. The lowest BCUT2D eigenvalue weighted by Crippen LogP contribution is -2.17. The highest BCUT2D eigenvalue weighted by Crippen LogP contribution is 1.70. The molecule has 0 aromatic carbocycles. The van der Waals surface area contributed by atoms with Crippen molar-refractivity contribution in [3.05, 3.63) is 0 Å². The van der Waals surface area contributed by atoms with Crippen LogP contribution in [0.3, 0.4) is 0 Å². The van der Waals surface area contributed by atoms with Crippen LogP contribution in [0.4, 0.5) is 0 Å². The van der Waals surface area contributed by atoms with Crippen molar-refractivity contribution in [3.8, 4) is 0 Å². The minimum Gasteiger partial charge on any atom is -0.466 e. The van der Waals surface area contributed by atoms with E-state index in [1.165, 1.54) is 18.7 Å². The van der Waals surface area contributed by atoms with E-state index in [9.17, 15) is 13.8 Å². The Morgan fingerprint density at radius 1 is 1.19 bits per heavy atom. The fourth-order valence-corrected chi connectivity index (χ4v) is 0.203. The van der Waals surface area contributed by atoms with Crippen molar-refractivity contribution < 1.29 is 18.5 Å². The van der Waals surface area contributed by atoms with Gasteiger partial charge in [0.05, 0.1) is 6.61 Å². The monoisotopic (exact) mass is 253 g/mol. The molecule has 6 heteroatoms. The van der Waals surface area contributed by atoms with Crippen LogP contribution in [0.15, 0.2) is 0 Å². The Morgan fingerprint density at radius 2 is 1.44 bits per heavy atom. The van der Waals surface area contributed by atoms with Crippen LogP contribution in [0.25, 0.3) is 0 Å². The molecule has 98 valence electrons. The zero-order chi connectivity index (χ0) is 13.7. The van der Waals surface area contributed by atoms with E-state index in [0.29, 0.717) is 6.61 Å². The Morgan fingerprint density at radius 3 is 1.44 bits per heavy atom. The van der Waals surface area contributed by atoms with Crippen LogP contribution in [0.2, 0.25) is 0 Å². The highest BCUT2D eigenvalue weighted by molar-refractivity contribution is 7.83. The van der Waals surface area contributed by atoms with Crippen molar-refractivity contribution in [2.75, 3.05) is 33.2 Å². The number of carbonyl (C=O) groups is 2. The molecule has 0 heterocycles. The average molecular weight is 253 g/mol. The number of esters is 1. The second-order valence-electron chi connectivity index (χ2n) is 3.08. The van der Waals surface area contributed by atoms with E-state index in [0.717, 1.165) is 0 Å². The summed E-state index contributed by atoms with van der Waals surface area (Å²) >= 11 is 0. The Balaban J connectivity index is -0.000000162. The number of amides is 1. The lowest BCUT2D eigenvalue weighted by atomic mass is 10.7. The summed E-state index contributed by atoms with van der Waals surface area (Å²) in [6.45, 7) is 5.18. The molecule has 0 spiro atoms. The van der Waals surface area contributed by atoms with Crippen LogP contribution in [-0.4, -0.2) is 54.2 Å². The van der Waals surface area contributed by atoms with Crippen LogP contribution < -0.4 is 0 Å². The SMILES string of the molecule is CC(=O)N(C)C.CCOC(C)=O.CS(C)=O. The molecule has 0 saturated carbocycles. The molecule has 16 heavy (non-hydrogen) atoms. The largest absolute Gasteiger partial charge is 0.466 e. The van der Waals surface area contributed by atoms with E-state index in [1.54, 1.807) is 33.5 Å². The fraction of sp³-hybridized carbons (Fsp3) is 0.800. The van der Waals surface area contributed by atoms with Crippen molar-refractivity contribution in [2.45, 2.75) is 20.8 Å². The van der Waals surface area contributed by atoms with E-state index < -0.39 is 10.8 Å². The maximum atomic E-state index is 10.1. The summed E-state index contributed by atoms with van der Waals surface area (Å²) in [7, 11) is 2.84. The number of nitrogens with zero attached hydrogens (tertiary/aromatic N) is 1. The second-order valence-corrected chi connectivity index (χ2v) is 4.56. The number of hydrogen-bond donors (Lipinski definition) is 0. The molecule has 0 aromatic rings. The predicted molar refractivity (Wildman–Crippen MR) is 66.7 cm³/mol. The maximum absolute atomic E-state index is 10.1. The molecule has 0 N–H and O–H groups in total. The lowest BCUT2D eigenvalue weighted by Gasteiger charge is -2.02. The Kier molecular flexibility index (Phi) is 18.0. The van der Waals surface area contributed by atoms with Gasteiger partial charge in [-0.15, -0.1) is 0 Å². The zero-order valence-electron chi connectivity index (χ0n) is 11.2. The van der Waals surface area contributed by atoms with Gasteiger partial charge in [0.1, 0.15) is 0 Å². The molecule has 5 nitrogen and oxygen atoms in total. The van der Waals surface area contributed by atoms with Gasteiger partial charge in [0, 0.05) is 51.3 Å². The van der Waals surface area contributed by atoms with E-state index in [-0.39, 0.29) is 11.9 Å². The first-order valence-corrected chi connectivity index (χ1v) is 6.68. The summed E-state index contributed by atoms with van der Waals surface area (Å²) in [6, 6.07) is 0. The van der Waals surface area contributed by atoms with Gasteiger partial charge in [-0.3, -0.25) is 13.8 Å². The summed E-state index contributed by atoms with van der Waals surface area (Å²) in [6.07, 6.45) is 3.28. The van der Waals surface area contributed by atoms with Gasteiger partial charge in [0.25, 0.3) is 0 Å². The Labute approximate surface area is 101 Å². The summed E-state index contributed by atoms with van der Waals surface area (Å²) in [5, 5.41) is 0. The van der Waals surface area contributed by atoms with Gasteiger partial charge in [0.15, 0.2) is 0 Å². The van der Waals surface area contributed by atoms with Crippen LogP contribution >= 0.6 is 0 Å². The van der Waals surface area contributed by atoms with Gasteiger partial charge >= 0.3 is 5.97 Å². The van der Waals surface area contributed by atoms with E-state index in [4.69, 9.17) is 0 Å². The smallest absolute Gasteiger partial charge is 0.302 e. The first-order chi connectivity index (χ1) is 7.14. The molecule has 0 aromatic heterocycles. The standard InChI is InChI=1S/C4H9NO.C4H8O2.C2H6OS/c1-4(6)5(2)3;1-3-6-4(2)5;1-4(2)3/h1-3H3;3H2,1-2H3;1-2H3. The molecule has 0 saturated heterocycles. The van der Waals surface area contributed by atoms with Crippen molar-refractivity contribution in [2.24, 2.45) is 0 Å². The molecule has 1 amide bonds. The topological polar surface area (TPSA) is 63.7 Å². The molecule has 0 radical (unpaired) electrons. The number of carbonyl (C=O) groups excluding carboxylic acids is 2. The van der Waals surface area contributed by atoms with Crippen LogP contribution in [-0.2, 0) is 25.1 Å². The molecular formula is C10H23NO4S. The molecule has 0 fully saturated rings. The van der Waals surface area contributed by atoms with Gasteiger partial charge in [0.2, 0.25) is 5.91 Å². The number of rotatable bonds is 1. The Hall–Kier alpha value is -0.910. The van der Waals surface area contributed by atoms with E-state index in [2.05, 4.69) is 4.74 Å². The Bertz CT molecular complexity index is 213. The predicted octanol–water partition coefficient (Wildman–Crippen LogP) is 0.659. The van der Waals surface area contributed by atoms with E-state index >= 15 is 0 Å². The zero-order valence-corrected chi connectivity index (χ0v) is 12.0. The number of ether oxygens (including phenoxy) is 1. The normalized spacial score (nSPS) is 8.00. The van der Waals surface area contributed by atoms with Gasteiger partial charge in [-0.2, -0.15) is 0 Å². The third-order valence-corrected chi connectivity index (χ3v) is 0.977. The summed E-state index contributed by atoms with van der Waals surface area (Å²) < 4.78 is 14.0. The second kappa shape index (κ2) is 14.1. The molecule has 0 bridgehead atoms.